The summed E-state index contributed by atoms with van der Waals surface area (Å²) < 4.78 is 17.3. The van der Waals surface area contributed by atoms with Crippen LogP contribution in [0.3, 0.4) is 0 Å². The van der Waals surface area contributed by atoms with Gasteiger partial charge in [-0.15, -0.1) is 0 Å². The minimum atomic E-state index is -0.535. The average Bonchev–Trinajstić information content (AvgIpc) is 3.17. The summed E-state index contributed by atoms with van der Waals surface area (Å²) in [6, 6.07) is 0. The van der Waals surface area contributed by atoms with E-state index in [4.69, 9.17) is 14.2 Å². The van der Waals surface area contributed by atoms with Crippen molar-refractivity contribution in [2.24, 2.45) is 0 Å². The van der Waals surface area contributed by atoms with Crippen LogP contribution in [-0.4, -0.2) is 37.9 Å². The standard InChI is InChI=1S/C49H90O5/c1-4-7-10-13-16-19-21-22-23-24-25-26-27-29-32-35-38-41-44-52-45-47(54-49(51)43-40-37-34-30-18-15-12-9-6-3)46-53-48(50)42-39-36-33-31-28-20-17-14-11-8-5-2/h14,16-17,19,22-23,47H,4-13,15,18,20-21,24-46H2,1-3H3/b17-14-,19-16-,23-22-. The third-order valence-corrected chi connectivity index (χ3v) is 10.1. The van der Waals surface area contributed by atoms with E-state index in [1.165, 1.54) is 148 Å². The van der Waals surface area contributed by atoms with Crippen molar-refractivity contribution < 1.29 is 23.8 Å². The first kappa shape index (κ1) is 52.1. The lowest BCUT2D eigenvalue weighted by atomic mass is 10.1. The summed E-state index contributed by atoms with van der Waals surface area (Å²) in [6.07, 6.45) is 52.9. The molecule has 0 saturated carbocycles. The molecule has 0 aliphatic heterocycles. The van der Waals surface area contributed by atoms with Crippen molar-refractivity contribution >= 4 is 11.9 Å². The fourth-order valence-corrected chi connectivity index (χ4v) is 6.58. The maximum absolute atomic E-state index is 12.7. The van der Waals surface area contributed by atoms with Crippen molar-refractivity contribution in [3.05, 3.63) is 36.5 Å². The second-order valence-corrected chi connectivity index (χ2v) is 15.7. The van der Waals surface area contributed by atoms with E-state index in [1.54, 1.807) is 0 Å². The summed E-state index contributed by atoms with van der Waals surface area (Å²) in [5, 5.41) is 0. The number of carbonyl (C=O) groups excluding carboxylic acids is 2. The van der Waals surface area contributed by atoms with Crippen LogP contribution in [0.2, 0.25) is 0 Å². The molecule has 0 aliphatic rings. The van der Waals surface area contributed by atoms with Crippen molar-refractivity contribution in [3.8, 4) is 0 Å². The number of hydrogen-bond donors (Lipinski definition) is 0. The maximum atomic E-state index is 12.7. The summed E-state index contributed by atoms with van der Waals surface area (Å²) in [6.45, 7) is 7.75. The molecule has 0 bridgehead atoms. The Morgan fingerprint density at radius 2 is 0.796 bits per heavy atom. The number of hydrogen-bond acceptors (Lipinski definition) is 5. The molecule has 0 aliphatic carbocycles. The number of esters is 2. The van der Waals surface area contributed by atoms with E-state index in [0.717, 1.165) is 57.8 Å². The van der Waals surface area contributed by atoms with Gasteiger partial charge in [0.25, 0.3) is 0 Å². The first-order chi connectivity index (χ1) is 26.6. The van der Waals surface area contributed by atoms with Crippen LogP contribution in [-0.2, 0) is 23.8 Å². The van der Waals surface area contributed by atoms with Crippen LogP contribution < -0.4 is 0 Å². The second-order valence-electron chi connectivity index (χ2n) is 15.7. The van der Waals surface area contributed by atoms with Gasteiger partial charge in [0.1, 0.15) is 6.61 Å². The van der Waals surface area contributed by atoms with Crippen LogP contribution >= 0.6 is 0 Å². The number of allylic oxidation sites excluding steroid dienone is 6. The molecule has 5 nitrogen and oxygen atoms in total. The van der Waals surface area contributed by atoms with Gasteiger partial charge in [-0.3, -0.25) is 9.59 Å². The zero-order valence-electron chi connectivity index (χ0n) is 36.2. The van der Waals surface area contributed by atoms with Gasteiger partial charge in [0.05, 0.1) is 6.61 Å². The lowest BCUT2D eigenvalue weighted by Crippen LogP contribution is -2.30. The Hall–Kier alpha value is -1.88. The van der Waals surface area contributed by atoms with E-state index in [1.807, 2.05) is 0 Å². The third-order valence-electron chi connectivity index (χ3n) is 10.1. The van der Waals surface area contributed by atoms with Crippen LogP contribution in [0.4, 0.5) is 0 Å². The van der Waals surface area contributed by atoms with Crippen molar-refractivity contribution in [2.45, 2.75) is 245 Å². The first-order valence-electron chi connectivity index (χ1n) is 23.5. The maximum Gasteiger partial charge on any atom is 0.306 e. The number of rotatable bonds is 43. The Labute approximate surface area is 336 Å². The molecule has 0 aromatic heterocycles. The van der Waals surface area contributed by atoms with Gasteiger partial charge in [0.2, 0.25) is 0 Å². The molecule has 5 heteroatoms. The van der Waals surface area contributed by atoms with Crippen LogP contribution in [0, 0.1) is 0 Å². The van der Waals surface area contributed by atoms with Gasteiger partial charge in [0, 0.05) is 19.4 Å². The molecule has 0 aromatic rings. The van der Waals surface area contributed by atoms with Crippen molar-refractivity contribution in [2.75, 3.05) is 19.8 Å². The predicted octanol–water partition coefficient (Wildman–Crippen LogP) is 15.4. The summed E-state index contributed by atoms with van der Waals surface area (Å²) in [5.74, 6) is -0.407. The van der Waals surface area contributed by atoms with E-state index in [0.29, 0.717) is 19.4 Å². The van der Waals surface area contributed by atoms with Gasteiger partial charge >= 0.3 is 11.9 Å². The molecule has 0 radical (unpaired) electrons. The highest BCUT2D eigenvalue weighted by atomic mass is 16.6. The third kappa shape index (κ3) is 42.9. The minimum Gasteiger partial charge on any atom is -0.462 e. The second kappa shape index (κ2) is 45.5. The molecule has 0 amide bonds. The molecule has 0 heterocycles. The fraction of sp³-hybridized carbons (Fsp3) is 0.837. The highest BCUT2D eigenvalue weighted by molar-refractivity contribution is 5.70. The van der Waals surface area contributed by atoms with E-state index >= 15 is 0 Å². The Morgan fingerprint density at radius 3 is 1.33 bits per heavy atom. The van der Waals surface area contributed by atoms with Crippen molar-refractivity contribution in [1.82, 2.24) is 0 Å². The molecule has 316 valence electrons. The Bertz CT molecular complexity index is 862. The largest absolute Gasteiger partial charge is 0.462 e. The molecule has 0 saturated heterocycles. The predicted molar refractivity (Wildman–Crippen MR) is 233 cm³/mol. The van der Waals surface area contributed by atoms with E-state index in [-0.39, 0.29) is 25.2 Å². The molecule has 0 rings (SSSR count). The summed E-state index contributed by atoms with van der Waals surface area (Å²) in [5.41, 5.74) is 0. The van der Waals surface area contributed by atoms with Crippen LogP contribution in [0.25, 0.3) is 0 Å². The SMILES string of the molecule is CCCC/C=C\CCCCCCCC(=O)OCC(COCCCCCCCCCC/C=C\C/C=C\CCCCC)OC(=O)CCCCCCCCCCC. The smallest absolute Gasteiger partial charge is 0.306 e. The van der Waals surface area contributed by atoms with E-state index < -0.39 is 6.10 Å². The van der Waals surface area contributed by atoms with Gasteiger partial charge in [-0.2, -0.15) is 0 Å². The molecule has 0 fully saturated rings. The molecule has 1 unspecified atom stereocenters. The summed E-state index contributed by atoms with van der Waals surface area (Å²) in [7, 11) is 0. The number of carbonyl (C=O) groups is 2. The van der Waals surface area contributed by atoms with Gasteiger partial charge < -0.3 is 14.2 Å². The van der Waals surface area contributed by atoms with Crippen LogP contribution in [0.1, 0.15) is 239 Å². The lowest BCUT2D eigenvalue weighted by Gasteiger charge is -2.18. The van der Waals surface area contributed by atoms with Gasteiger partial charge in [-0.05, 0) is 70.6 Å². The van der Waals surface area contributed by atoms with E-state index in [9.17, 15) is 9.59 Å². The highest BCUT2D eigenvalue weighted by Gasteiger charge is 2.17. The Balaban J connectivity index is 4.18. The summed E-state index contributed by atoms with van der Waals surface area (Å²) in [4.78, 5) is 25.2. The molecule has 0 aromatic carbocycles. The fourth-order valence-electron chi connectivity index (χ4n) is 6.58. The first-order valence-corrected chi connectivity index (χ1v) is 23.5. The van der Waals surface area contributed by atoms with Crippen LogP contribution in [0.5, 0.6) is 0 Å². The van der Waals surface area contributed by atoms with Crippen molar-refractivity contribution in [3.63, 3.8) is 0 Å². The monoisotopic (exact) mass is 759 g/mol. The lowest BCUT2D eigenvalue weighted by molar-refractivity contribution is -0.163. The minimum absolute atomic E-state index is 0.0820. The molecular formula is C49H90O5. The van der Waals surface area contributed by atoms with E-state index in [2.05, 4.69) is 57.2 Å². The zero-order chi connectivity index (χ0) is 39.3. The zero-order valence-corrected chi connectivity index (χ0v) is 36.2. The Morgan fingerprint density at radius 1 is 0.407 bits per heavy atom. The molecule has 0 spiro atoms. The van der Waals surface area contributed by atoms with Crippen molar-refractivity contribution in [1.29, 1.82) is 0 Å². The van der Waals surface area contributed by atoms with Gasteiger partial charge in [0.15, 0.2) is 6.10 Å². The molecule has 1 atom stereocenters. The summed E-state index contributed by atoms with van der Waals surface area (Å²) >= 11 is 0. The Kier molecular flexibility index (Phi) is 43.9. The van der Waals surface area contributed by atoms with Gasteiger partial charge in [-0.25, -0.2) is 0 Å². The quantitative estimate of drug-likeness (QED) is 0.0352. The normalized spacial score (nSPS) is 12.4. The van der Waals surface area contributed by atoms with Crippen LogP contribution in [0.15, 0.2) is 36.5 Å². The average molecular weight is 759 g/mol. The number of unbranched alkanes of at least 4 members (excludes halogenated alkanes) is 26. The topological polar surface area (TPSA) is 61.8 Å². The highest BCUT2D eigenvalue weighted by Crippen LogP contribution is 2.14. The molecule has 0 N–H and O–H groups in total. The van der Waals surface area contributed by atoms with Gasteiger partial charge in [-0.1, -0.05) is 192 Å². The molecular weight excluding hydrogens is 669 g/mol. The molecule has 54 heavy (non-hydrogen) atoms. The number of ether oxygens (including phenoxy) is 3.